The molecular weight excluding hydrogens is 547 g/mol. The van der Waals surface area contributed by atoms with Gasteiger partial charge in [0, 0.05) is 49.0 Å². The normalized spacial score (nSPS) is 14.4. The summed E-state index contributed by atoms with van der Waals surface area (Å²) in [4.78, 5) is 19.3. The van der Waals surface area contributed by atoms with Crippen LogP contribution >= 0.6 is 12.4 Å². The maximum Gasteiger partial charge on any atom is 0.402 e. The number of alkyl halides is 3. The predicted molar refractivity (Wildman–Crippen MR) is 140 cm³/mol. The Morgan fingerprint density at radius 1 is 1.08 bits per heavy atom. The smallest absolute Gasteiger partial charge is 0.402 e. The van der Waals surface area contributed by atoms with E-state index in [9.17, 15) is 26.4 Å². The van der Waals surface area contributed by atoms with E-state index < -0.39 is 22.7 Å². The van der Waals surface area contributed by atoms with Crippen molar-refractivity contribution in [2.75, 3.05) is 50.8 Å². The number of nitrogens with zero attached hydrogens (tertiary/aromatic N) is 2. The lowest BCUT2D eigenvalue weighted by Gasteiger charge is -2.36. The van der Waals surface area contributed by atoms with Gasteiger partial charge in [-0.25, -0.2) is 13.1 Å². The first-order chi connectivity index (χ1) is 17.6. The van der Waals surface area contributed by atoms with Gasteiger partial charge in [0.15, 0.2) is 6.61 Å². The number of piperazine rings is 1. The third-order valence-electron chi connectivity index (χ3n) is 6.12. The van der Waals surface area contributed by atoms with Crippen LogP contribution in [0.4, 0.5) is 18.9 Å². The number of sulfonamides is 1. The molecule has 14 heteroatoms. The molecule has 0 unspecified atom stereocenters. The number of nitrogens with one attached hydrogen (secondary N) is 2. The lowest BCUT2D eigenvalue weighted by molar-refractivity contribution is -0.133. The monoisotopic (exact) mass is 575 g/mol. The van der Waals surface area contributed by atoms with Gasteiger partial charge < -0.3 is 25.3 Å². The summed E-state index contributed by atoms with van der Waals surface area (Å²) >= 11 is 0. The molecule has 38 heavy (non-hydrogen) atoms. The Morgan fingerprint density at radius 2 is 1.76 bits per heavy atom. The van der Waals surface area contributed by atoms with Crippen molar-refractivity contribution in [1.29, 1.82) is 0 Å². The summed E-state index contributed by atoms with van der Waals surface area (Å²) in [7, 11) is -4.27. The number of nitrogens with two attached hydrogens (primary N) is 1. The molecule has 1 saturated heterocycles. The van der Waals surface area contributed by atoms with E-state index in [1.54, 1.807) is 27.8 Å². The third kappa shape index (κ3) is 7.31. The topological polar surface area (TPSA) is 121 Å². The van der Waals surface area contributed by atoms with Gasteiger partial charge in [0.1, 0.15) is 12.3 Å². The number of carbonyl (C=O) groups is 1. The quantitative estimate of drug-likeness (QED) is 0.361. The van der Waals surface area contributed by atoms with Crippen LogP contribution in [0.1, 0.15) is 5.56 Å². The number of aromatic amines is 1. The van der Waals surface area contributed by atoms with Crippen molar-refractivity contribution < 1.29 is 31.1 Å². The second-order valence-corrected chi connectivity index (χ2v) is 10.4. The number of halogens is 4. The van der Waals surface area contributed by atoms with Crippen molar-refractivity contribution in [3.05, 3.63) is 54.2 Å². The number of amides is 1. The average Bonchev–Trinajstić information content (AvgIpc) is 3.28. The maximum atomic E-state index is 12.7. The number of ether oxygens (including phenoxy) is 1. The molecule has 2 heterocycles. The number of hydrogen-bond acceptors (Lipinski definition) is 6. The Morgan fingerprint density at radius 3 is 2.39 bits per heavy atom. The number of hydrogen-bond donors (Lipinski definition) is 3. The summed E-state index contributed by atoms with van der Waals surface area (Å²) in [6.07, 6.45) is -1.98. The Balaban J connectivity index is 0.00000400. The van der Waals surface area contributed by atoms with Crippen LogP contribution in [0.15, 0.2) is 53.6 Å². The van der Waals surface area contributed by atoms with Gasteiger partial charge in [0.05, 0.1) is 4.90 Å². The molecule has 0 bridgehead atoms. The minimum absolute atomic E-state index is 0. The highest BCUT2D eigenvalue weighted by Gasteiger charge is 2.30. The fourth-order valence-corrected chi connectivity index (χ4v) is 5.17. The van der Waals surface area contributed by atoms with Crippen LogP contribution in [0, 0.1) is 0 Å². The zero-order valence-electron chi connectivity index (χ0n) is 20.3. The zero-order chi connectivity index (χ0) is 26.6. The molecule has 9 nitrogen and oxygen atoms in total. The van der Waals surface area contributed by atoms with Crippen LogP contribution in [0.3, 0.4) is 0 Å². The first-order valence-electron chi connectivity index (χ1n) is 11.7. The number of benzene rings is 2. The van der Waals surface area contributed by atoms with Gasteiger partial charge in [-0.3, -0.25) is 4.79 Å². The van der Waals surface area contributed by atoms with Crippen molar-refractivity contribution in [2.24, 2.45) is 5.73 Å². The van der Waals surface area contributed by atoms with Gasteiger partial charge in [-0.2, -0.15) is 13.2 Å². The Bertz CT molecular complexity index is 1340. The SMILES string of the molecule is Cl.NCCc1c[nH]c2ccc(OCC(=O)N3CCN(c4ccc(S(=O)(=O)NCC(F)(F)F)cc4)CC3)cc12. The molecule has 0 spiro atoms. The molecule has 0 aliphatic carbocycles. The van der Waals surface area contributed by atoms with Crippen LogP contribution in [0.25, 0.3) is 10.9 Å². The summed E-state index contributed by atoms with van der Waals surface area (Å²) in [5.74, 6) is 0.449. The summed E-state index contributed by atoms with van der Waals surface area (Å²) < 4.78 is 68.4. The van der Waals surface area contributed by atoms with E-state index in [4.69, 9.17) is 10.5 Å². The first kappa shape index (κ1) is 29.6. The summed E-state index contributed by atoms with van der Waals surface area (Å²) in [6.45, 7) is 0.737. The summed E-state index contributed by atoms with van der Waals surface area (Å²) in [5, 5.41) is 1.01. The second kappa shape index (κ2) is 12.2. The van der Waals surface area contributed by atoms with E-state index in [1.165, 1.54) is 12.1 Å². The number of anilines is 1. The molecule has 0 radical (unpaired) electrons. The molecule has 0 atom stereocenters. The van der Waals surface area contributed by atoms with Crippen LogP contribution < -0.4 is 20.1 Å². The van der Waals surface area contributed by atoms with Crippen molar-refractivity contribution in [3.8, 4) is 5.75 Å². The van der Waals surface area contributed by atoms with E-state index in [1.807, 2.05) is 23.2 Å². The van der Waals surface area contributed by atoms with E-state index in [0.717, 1.165) is 22.9 Å². The van der Waals surface area contributed by atoms with Crippen LogP contribution in [-0.2, 0) is 21.2 Å². The van der Waals surface area contributed by atoms with E-state index in [2.05, 4.69) is 4.98 Å². The molecule has 4 rings (SSSR count). The molecule has 1 amide bonds. The standard InChI is InChI=1S/C24H28F3N5O4S.ClH/c25-24(26,27)16-30-37(34,35)20-4-1-18(2-5-20)31-9-11-32(12-10-31)23(33)15-36-19-3-6-22-21(13-19)17(7-8-28)14-29-22;/h1-6,13-14,29-30H,7-12,15-16,28H2;1H. The van der Waals surface area contributed by atoms with Crippen LogP contribution in [-0.4, -0.2) is 76.3 Å². The molecule has 2 aromatic carbocycles. The van der Waals surface area contributed by atoms with Gasteiger partial charge in [0.2, 0.25) is 10.0 Å². The highest BCUT2D eigenvalue weighted by molar-refractivity contribution is 7.89. The predicted octanol–water partition coefficient (Wildman–Crippen LogP) is 2.66. The fraction of sp³-hybridized carbons (Fsp3) is 0.375. The molecular formula is C24H29ClF3N5O4S. The van der Waals surface area contributed by atoms with Gasteiger partial charge in [0.25, 0.3) is 5.91 Å². The first-order valence-corrected chi connectivity index (χ1v) is 13.2. The largest absolute Gasteiger partial charge is 0.484 e. The molecule has 1 aromatic heterocycles. The van der Waals surface area contributed by atoms with Crippen molar-refractivity contribution in [2.45, 2.75) is 17.5 Å². The lowest BCUT2D eigenvalue weighted by Crippen LogP contribution is -2.50. The van der Waals surface area contributed by atoms with E-state index in [0.29, 0.717) is 44.2 Å². The third-order valence-corrected chi connectivity index (χ3v) is 7.54. The van der Waals surface area contributed by atoms with Gasteiger partial charge in [-0.1, -0.05) is 0 Å². The molecule has 208 valence electrons. The van der Waals surface area contributed by atoms with Crippen LogP contribution in [0.5, 0.6) is 5.75 Å². The minimum atomic E-state index is -4.64. The number of H-pyrrole nitrogens is 1. The number of aromatic nitrogens is 1. The summed E-state index contributed by atoms with van der Waals surface area (Å²) in [5.41, 5.74) is 8.44. The molecule has 4 N–H and O–H groups in total. The van der Waals surface area contributed by atoms with E-state index >= 15 is 0 Å². The molecule has 1 fully saturated rings. The van der Waals surface area contributed by atoms with E-state index in [-0.39, 0.29) is 29.8 Å². The fourth-order valence-electron chi connectivity index (χ4n) is 4.16. The minimum Gasteiger partial charge on any atom is -0.484 e. The summed E-state index contributed by atoms with van der Waals surface area (Å²) in [6, 6.07) is 11.2. The van der Waals surface area contributed by atoms with Gasteiger partial charge in [-0.05, 0) is 61.0 Å². The van der Waals surface area contributed by atoms with Crippen LogP contribution in [0.2, 0.25) is 0 Å². The highest BCUT2D eigenvalue weighted by Crippen LogP contribution is 2.25. The Labute approximate surface area is 224 Å². The molecule has 0 saturated carbocycles. The second-order valence-electron chi connectivity index (χ2n) is 8.65. The van der Waals surface area contributed by atoms with Crippen molar-refractivity contribution >= 4 is 44.9 Å². The molecule has 3 aromatic rings. The highest BCUT2D eigenvalue weighted by atomic mass is 35.5. The van der Waals surface area contributed by atoms with Gasteiger partial charge >= 0.3 is 6.18 Å². The maximum absolute atomic E-state index is 12.7. The zero-order valence-corrected chi connectivity index (χ0v) is 22.0. The average molecular weight is 576 g/mol. The Hall–Kier alpha value is -3.00. The van der Waals surface area contributed by atoms with Gasteiger partial charge in [-0.15, -0.1) is 12.4 Å². The molecule has 1 aliphatic rings. The molecule has 1 aliphatic heterocycles. The number of fused-ring (bicyclic) bond motifs is 1. The lowest BCUT2D eigenvalue weighted by atomic mass is 10.1. The number of carbonyl (C=O) groups excluding carboxylic acids is 1. The number of rotatable bonds is 9. The Kier molecular flexibility index (Phi) is 9.52. The van der Waals surface area contributed by atoms with Crippen molar-refractivity contribution in [3.63, 3.8) is 0 Å². The van der Waals surface area contributed by atoms with Crippen molar-refractivity contribution in [1.82, 2.24) is 14.6 Å².